The number of carbonyl (C=O) groups excluding carboxylic acids is 2. The van der Waals surface area contributed by atoms with Crippen molar-refractivity contribution in [2.75, 3.05) is 0 Å². The largest absolute Gasteiger partial charge is 0.278 e. The molecule has 1 N–H and O–H groups in total. The number of likely N-dealkylation sites (tertiary alicyclic amines) is 1. The van der Waals surface area contributed by atoms with Crippen LogP contribution >= 0.6 is 0 Å². The minimum atomic E-state index is -3.65. The van der Waals surface area contributed by atoms with Crippen molar-refractivity contribution in [1.29, 1.82) is 0 Å². The van der Waals surface area contributed by atoms with Crippen molar-refractivity contribution in [2.45, 2.75) is 88.6 Å². The van der Waals surface area contributed by atoms with Crippen LogP contribution < -0.4 is 4.72 Å². The van der Waals surface area contributed by atoms with Crippen LogP contribution in [-0.2, 0) is 26.2 Å². The average Bonchev–Trinajstić information content (AvgIpc) is 2.89. The van der Waals surface area contributed by atoms with Gasteiger partial charge in [-0.25, -0.2) is 13.1 Å². The number of amides is 2. The second-order valence-corrected chi connectivity index (χ2v) is 10.9. The molecule has 0 spiro atoms. The molecule has 2 atom stereocenters. The molecule has 1 heterocycles. The topological polar surface area (TPSA) is 83.6 Å². The molecular weight excluding hydrogens is 400 g/mol. The Morgan fingerprint density at radius 3 is 2.07 bits per heavy atom. The van der Waals surface area contributed by atoms with Crippen LogP contribution in [-0.4, -0.2) is 31.2 Å². The Kier molecular flexibility index (Phi) is 6.30. The summed E-state index contributed by atoms with van der Waals surface area (Å²) in [5.41, 5.74) is 1.36. The molecule has 0 aromatic heterocycles. The first-order valence-electron chi connectivity index (χ1n) is 11.3. The summed E-state index contributed by atoms with van der Waals surface area (Å²) in [5.74, 6) is -0.550. The lowest BCUT2D eigenvalue weighted by Gasteiger charge is -2.19. The SMILES string of the molecule is Cc1ccc(CN2C(=O)[C@@H]3CCCC[C@H]3C2=O)cc1S(=O)(=O)NC1CCCCCC1. The zero-order valence-electron chi connectivity index (χ0n) is 17.7. The second kappa shape index (κ2) is 8.79. The van der Waals surface area contributed by atoms with Crippen molar-refractivity contribution >= 4 is 21.8 Å². The van der Waals surface area contributed by atoms with Gasteiger partial charge in [-0.1, -0.05) is 50.7 Å². The fraction of sp³-hybridized carbons (Fsp3) is 0.652. The molecule has 7 heteroatoms. The summed E-state index contributed by atoms with van der Waals surface area (Å²) in [7, 11) is -3.65. The van der Waals surface area contributed by atoms with Gasteiger partial charge in [-0.05, 0) is 49.8 Å². The fourth-order valence-corrected chi connectivity index (χ4v) is 6.88. The quantitative estimate of drug-likeness (QED) is 0.568. The molecule has 2 aliphatic carbocycles. The number of benzene rings is 1. The lowest BCUT2D eigenvalue weighted by atomic mass is 9.81. The Hall–Kier alpha value is -1.73. The predicted molar refractivity (Wildman–Crippen MR) is 114 cm³/mol. The molecule has 2 saturated carbocycles. The highest BCUT2D eigenvalue weighted by atomic mass is 32.2. The lowest BCUT2D eigenvalue weighted by Crippen LogP contribution is -2.35. The van der Waals surface area contributed by atoms with Crippen LogP contribution in [0, 0.1) is 18.8 Å². The van der Waals surface area contributed by atoms with Gasteiger partial charge >= 0.3 is 0 Å². The minimum Gasteiger partial charge on any atom is -0.278 e. The molecule has 0 bridgehead atoms. The molecule has 1 aliphatic heterocycles. The van der Waals surface area contributed by atoms with Crippen molar-refractivity contribution in [3.8, 4) is 0 Å². The van der Waals surface area contributed by atoms with Crippen LogP contribution in [0.1, 0.15) is 75.3 Å². The Labute approximate surface area is 179 Å². The maximum atomic E-state index is 13.1. The van der Waals surface area contributed by atoms with Gasteiger partial charge < -0.3 is 0 Å². The highest BCUT2D eigenvalue weighted by Gasteiger charge is 2.47. The van der Waals surface area contributed by atoms with Gasteiger partial charge in [-0.15, -0.1) is 0 Å². The second-order valence-electron chi connectivity index (χ2n) is 9.17. The molecule has 0 radical (unpaired) electrons. The number of aryl methyl sites for hydroxylation is 1. The van der Waals surface area contributed by atoms with Crippen LogP contribution in [0.2, 0.25) is 0 Å². The van der Waals surface area contributed by atoms with Crippen LogP contribution in [0.5, 0.6) is 0 Å². The number of nitrogens with one attached hydrogen (secondary N) is 1. The summed E-state index contributed by atoms with van der Waals surface area (Å²) in [6, 6.07) is 5.21. The summed E-state index contributed by atoms with van der Waals surface area (Å²) >= 11 is 0. The molecule has 3 aliphatic rings. The number of hydrogen-bond donors (Lipinski definition) is 1. The first-order chi connectivity index (χ1) is 14.4. The number of fused-ring (bicyclic) bond motifs is 1. The molecule has 4 rings (SSSR count). The van der Waals surface area contributed by atoms with E-state index < -0.39 is 10.0 Å². The summed E-state index contributed by atoms with van der Waals surface area (Å²) in [6.45, 7) is 1.93. The monoisotopic (exact) mass is 432 g/mol. The summed E-state index contributed by atoms with van der Waals surface area (Å²) in [4.78, 5) is 27.1. The summed E-state index contributed by atoms with van der Waals surface area (Å²) in [6.07, 6.45) is 9.71. The third kappa shape index (κ3) is 4.33. The van der Waals surface area contributed by atoms with E-state index in [2.05, 4.69) is 4.72 Å². The zero-order valence-corrected chi connectivity index (χ0v) is 18.5. The molecule has 1 aromatic carbocycles. The smallest absolute Gasteiger partial charge is 0.241 e. The standard InChI is InChI=1S/C23H32N2O4S/c1-16-12-13-17(15-25-22(26)19-10-6-7-11-20(19)23(25)27)14-21(16)30(28,29)24-18-8-4-2-3-5-9-18/h12-14,18-20,24H,2-11,15H2,1H3/t19-,20-/m1/s1. The van der Waals surface area contributed by atoms with Gasteiger partial charge in [0.05, 0.1) is 23.3 Å². The normalized spacial score (nSPS) is 26.0. The van der Waals surface area contributed by atoms with Gasteiger partial charge in [-0.2, -0.15) is 0 Å². The number of imide groups is 1. The van der Waals surface area contributed by atoms with E-state index >= 15 is 0 Å². The average molecular weight is 433 g/mol. The number of carbonyl (C=O) groups is 2. The highest BCUT2D eigenvalue weighted by molar-refractivity contribution is 7.89. The van der Waals surface area contributed by atoms with Crippen molar-refractivity contribution in [3.63, 3.8) is 0 Å². The van der Waals surface area contributed by atoms with Gasteiger partial charge in [0.15, 0.2) is 0 Å². The minimum absolute atomic E-state index is 0.0228. The summed E-state index contributed by atoms with van der Waals surface area (Å²) in [5, 5.41) is 0. The number of rotatable bonds is 5. The van der Waals surface area contributed by atoms with Crippen molar-refractivity contribution in [2.24, 2.45) is 11.8 Å². The van der Waals surface area contributed by atoms with E-state index in [1.807, 2.05) is 6.07 Å². The highest BCUT2D eigenvalue weighted by Crippen LogP contribution is 2.38. The predicted octanol–water partition coefficient (Wildman–Crippen LogP) is 3.67. The van der Waals surface area contributed by atoms with E-state index in [4.69, 9.17) is 0 Å². The molecule has 1 saturated heterocycles. The van der Waals surface area contributed by atoms with Gasteiger partial charge in [0, 0.05) is 6.04 Å². The van der Waals surface area contributed by atoms with Crippen molar-refractivity contribution in [3.05, 3.63) is 29.3 Å². The van der Waals surface area contributed by atoms with Crippen molar-refractivity contribution in [1.82, 2.24) is 9.62 Å². The number of hydrogen-bond acceptors (Lipinski definition) is 4. The Morgan fingerprint density at radius 2 is 1.47 bits per heavy atom. The summed E-state index contributed by atoms with van der Waals surface area (Å²) < 4.78 is 29.1. The van der Waals surface area contributed by atoms with Crippen molar-refractivity contribution < 1.29 is 18.0 Å². The van der Waals surface area contributed by atoms with Crippen LogP contribution in [0.25, 0.3) is 0 Å². The Bertz CT molecular complexity index is 895. The van der Waals surface area contributed by atoms with Gasteiger partial charge in [-0.3, -0.25) is 14.5 Å². The third-order valence-corrected chi connectivity index (χ3v) is 8.65. The molecule has 0 unspecified atom stereocenters. The first-order valence-corrected chi connectivity index (χ1v) is 12.8. The zero-order chi connectivity index (χ0) is 21.3. The maximum absolute atomic E-state index is 13.1. The maximum Gasteiger partial charge on any atom is 0.241 e. The molecule has 3 fully saturated rings. The molecule has 30 heavy (non-hydrogen) atoms. The molecular formula is C23H32N2O4S. The van der Waals surface area contributed by atoms with E-state index in [-0.39, 0.29) is 41.1 Å². The van der Waals surface area contributed by atoms with Gasteiger partial charge in [0.2, 0.25) is 21.8 Å². The van der Waals surface area contributed by atoms with E-state index in [1.54, 1.807) is 19.1 Å². The van der Waals surface area contributed by atoms with Gasteiger partial charge in [0.1, 0.15) is 0 Å². The van der Waals surface area contributed by atoms with Gasteiger partial charge in [0.25, 0.3) is 0 Å². The van der Waals surface area contributed by atoms with E-state index in [0.29, 0.717) is 11.1 Å². The van der Waals surface area contributed by atoms with Crippen LogP contribution in [0.4, 0.5) is 0 Å². The Balaban J connectivity index is 1.53. The fourth-order valence-electron chi connectivity index (χ4n) is 5.28. The molecule has 6 nitrogen and oxygen atoms in total. The van der Waals surface area contributed by atoms with E-state index in [0.717, 1.165) is 64.2 Å². The van der Waals surface area contributed by atoms with E-state index in [1.165, 1.54) is 4.90 Å². The van der Waals surface area contributed by atoms with Crippen LogP contribution in [0.15, 0.2) is 23.1 Å². The molecule has 2 amide bonds. The third-order valence-electron chi connectivity index (χ3n) is 6.99. The van der Waals surface area contributed by atoms with Crippen LogP contribution in [0.3, 0.4) is 0 Å². The lowest BCUT2D eigenvalue weighted by molar-refractivity contribution is -0.140. The van der Waals surface area contributed by atoms with E-state index in [9.17, 15) is 18.0 Å². The number of sulfonamides is 1. The number of nitrogens with zero attached hydrogens (tertiary/aromatic N) is 1. The molecule has 164 valence electrons. The molecule has 1 aromatic rings. The Morgan fingerprint density at radius 1 is 0.900 bits per heavy atom. The first kappa shape index (κ1) is 21.5.